The quantitative estimate of drug-likeness (QED) is 0.718. The molecule has 0 atom stereocenters. The third-order valence-corrected chi connectivity index (χ3v) is 4.63. The van der Waals surface area contributed by atoms with Crippen molar-refractivity contribution in [3.63, 3.8) is 0 Å². The van der Waals surface area contributed by atoms with Gasteiger partial charge in [-0.25, -0.2) is 9.50 Å². The molecule has 124 valence electrons. The van der Waals surface area contributed by atoms with Crippen LogP contribution in [0.25, 0.3) is 5.65 Å². The Bertz CT molecular complexity index is 921. The van der Waals surface area contributed by atoms with E-state index in [1.807, 2.05) is 42.4 Å². The van der Waals surface area contributed by atoms with Gasteiger partial charge in [0.05, 0.1) is 23.5 Å². The number of aromatic nitrogens is 4. The molecule has 3 aromatic heterocycles. The Morgan fingerprint density at radius 2 is 2.17 bits per heavy atom. The van der Waals surface area contributed by atoms with Crippen molar-refractivity contribution in [1.82, 2.24) is 24.7 Å². The van der Waals surface area contributed by atoms with E-state index in [4.69, 9.17) is 4.52 Å². The summed E-state index contributed by atoms with van der Waals surface area (Å²) in [5.41, 5.74) is 5.70. The minimum atomic E-state index is 0.0896. The van der Waals surface area contributed by atoms with Crippen molar-refractivity contribution in [3.8, 4) is 0 Å². The minimum absolute atomic E-state index is 0.0896. The molecule has 0 fully saturated rings. The number of carbonyl (C=O) groups excluding carboxylic acids is 1. The molecule has 7 nitrogen and oxygen atoms in total. The highest BCUT2D eigenvalue weighted by molar-refractivity contribution is 5.79. The lowest BCUT2D eigenvalue weighted by molar-refractivity contribution is -0.131. The summed E-state index contributed by atoms with van der Waals surface area (Å²) in [6.45, 7) is 6.93. The van der Waals surface area contributed by atoms with E-state index in [0.29, 0.717) is 25.3 Å². The molecule has 3 aromatic rings. The van der Waals surface area contributed by atoms with Crippen molar-refractivity contribution < 1.29 is 9.32 Å². The van der Waals surface area contributed by atoms with Crippen molar-refractivity contribution in [1.29, 1.82) is 0 Å². The molecule has 1 aliphatic heterocycles. The minimum Gasteiger partial charge on any atom is -0.361 e. The van der Waals surface area contributed by atoms with Crippen molar-refractivity contribution in [3.05, 3.63) is 46.2 Å². The van der Waals surface area contributed by atoms with Gasteiger partial charge in [0.15, 0.2) is 5.65 Å². The molecule has 24 heavy (non-hydrogen) atoms. The second-order valence-corrected chi connectivity index (χ2v) is 6.33. The van der Waals surface area contributed by atoms with Crippen LogP contribution in [-0.2, 0) is 24.2 Å². The fourth-order valence-corrected chi connectivity index (χ4v) is 3.29. The third-order valence-electron chi connectivity index (χ3n) is 4.63. The number of carbonyl (C=O) groups is 1. The van der Waals surface area contributed by atoms with Gasteiger partial charge in [-0.15, -0.1) is 0 Å². The predicted octanol–water partition coefficient (Wildman–Crippen LogP) is 1.77. The SMILES string of the molecule is Cc1cc2ncc3c(n2n1)CCN(C(=O)Cc1c(C)noc1C)C3. The molecule has 0 bridgehead atoms. The summed E-state index contributed by atoms with van der Waals surface area (Å²) in [5.74, 6) is 0.806. The summed E-state index contributed by atoms with van der Waals surface area (Å²) in [5, 5.41) is 8.43. The molecule has 4 rings (SSSR count). The van der Waals surface area contributed by atoms with E-state index in [0.717, 1.165) is 40.3 Å². The lowest BCUT2D eigenvalue weighted by Crippen LogP contribution is -2.38. The summed E-state index contributed by atoms with van der Waals surface area (Å²) in [6.07, 6.45) is 2.97. The average molecular weight is 325 g/mol. The van der Waals surface area contributed by atoms with Gasteiger partial charge >= 0.3 is 0 Å². The lowest BCUT2D eigenvalue weighted by atomic mass is 10.0. The van der Waals surface area contributed by atoms with E-state index < -0.39 is 0 Å². The smallest absolute Gasteiger partial charge is 0.227 e. The highest BCUT2D eigenvalue weighted by Gasteiger charge is 2.25. The zero-order valence-electron chi connectivity index (χ0n) is 14.0. The van der Waals surface area contributed by atoms with Gasteiger partial charge in [-0.1, -0.05) is 5.16 Å². The van der Waals surface area contributed by atoms with Gasteiger partial charge < -0.3 is 9.42 Å². The Hall–Kier alpha value is -2.70. The second kappa shape index (κ2) is 5.43. The fourth-order valence-electron chi connectivity index (χ4n) is 3.29. The number of hydrogen-bond acceptors (Lipinski definition) is 5. The van der Waals surface area contributed by atoms with Crippen LogP contribution in [0.3, 0.4) is 0 Å². The monoisotopic (exact) mass is 325 g/mol. The Morgan fingerprint density at radius 1 is 1.33 bits per heavy atom. The molecule has 7 heteroatoms. The van der Waals surface area contributed by atoms with Crippen LogP contribution in [0.1, 0.15) is 34.0 Å². The van der Waals surface area contributed by atoms with Crippen LogP contribution in [-0.4, -0.2) is 37.1 Å². The van der Waals surface area contributed by atoms with Crippen LogP contribution in [0.15, 0.2) is 16.8 Å². The maximum Gasteiger partial charge on any atom is 0.227 e. The van der Waals surface area contributed by atoms with Gasteiger partial charge in [0.1, 0.15) is 5.76 Å². The first-order chi connectivity index (χ1) is 11.5. The van der Waals surface area contributed by atoms with Crippen LogP contribution in [0.5, 0.6) is 0 Å². The third kappa shape index (κ3) is 2.36. The van der Waals surface area contributed by atoms with E-state index in [-0.39, 0.29) is 5.91 Å². The summed E-state index contributed by atoms with van der Waals surface area (Å²) in [6, 6.07) is 1.97. The Balaban J connectivity index is 1.58. The molecule has 1 aliphatic rings. The van der Waals surface area contributed by atoms with Crippen LogP contribution < -0.4 is 0 Å². The molecule has 0 aliphatic carbocycles. The highest BCUT2D eigenvalue weighted by atomic mass is 16.5. The van der Waals surface area contributed by atoms with Gasteiger partial charge in [0, 0.05) is 42.9 Å². The summed E-state index contributed by atoms with van der Waals surface area (Å²) < 4.78 is 7.05. The van der Waals surface area contributed by atoms with Crippen molar-refractivity contribution in [2.75, 3.05) is 6.54 Å². The van der Waals surface area contributed by atoms with Gasteiger partial charge in [0.2, 0.25) is 5.91 Å². The van der Waals surface area contributed by atoms with E-state index in [1.165, 1.54) is 0 Å². The Labute approximate surface area is 139 Å². The summed E-state index contributed by atoms with van der Waals surface area (Å²) >= 11 is 0. The van der Waals surface area contributed by atoms with Crippen molar-refractivity contribution >= 4 is 11.6 Å². The van der Waals surface area contributed by atoms with Gasteiger partial charge in [0.25, 0.3) is 0 Å². The molecule has 0 radical (unpaired) electrons. The van der Waals surface area contributed by atoms with E-state index in [1.54, 1.807) is 0 Å². The number of rotatable bonds is 2. The summed E-state index contributed by atoms with van der Waals surface area (Å²) in [4.78, 5) is 19.0. The molecule has 4 heterocycles. The van der Waals surface area contributed by atoms with Gasteiger partial charge in [-0.3, -0.25) is 4.79 Å². The molecular weight excluding hydrogens is 306 g/mol. The standard InChI is InChI=1S/C17H19N5O2/c1-10-6-16-18-8-13-9-21(5-4-15(13)22(16)19-10)17(23)7-14-11(2)20-24-12(14)3/h6,8H,4-5,7,9H2,1-3H3. The van der Waals surface area contributed by atoms with E-state index in [2.05, 4.69) is 15.2 Å². The topological polar surface area (TPSA) is 76.5 Å². The number of nitrogens with zero attached hydrogens (tertiary/aromatic N) is 5. The van der Waals surface area contributed by atoms with E-state index in [9.17, 15) is 4.79 Å². The normalized spacial score (nSPS) is 14.2. The molecule has 0 saturated heterocycles. The first-order valence-electron chi connectivity index (χ1n) is 8.05. The fraction of sp³-hybridized carbons (Fsp3) is 0.412. The maximum absolute atomic E-state index is 12.7. The van der Waals surface area contributed by atoms with Crippen LogP contribution >= 0.6 is 0 Å². The molecule has 0 aromatic carbocycles. The Kier molecular flexibility index (Phi) is 3.37. The number of fused-ring (bicyclic) bond motifs is 3. The number of aryl methyl sites for hydroxylation is 3. The Morgan fingerprint density at radius 3 is 2.92 bits per heavy atom. The number of amides is 1. The second-order valence-electron chi connectivity index (χ2n) is 6.33. The number of hydrogen-bond donors (Lipinski definition) is 0. The van der Waals surface area contributed by atoms with E-state index >= 15 is 0 Å². The molecule has 0 N–H and O–H groups in total. The average Bonchev–Trinajstić information content (AvgIpc) is 3.10. The van der Waals surface area contributed by atoms with Gasteiger partial charge in [-0.05, 0) is 20.8 Å². The first kappa shape index (κ1) is 14.9. The zero-order valence-corrected chi connectivity index (χ0v) is 14.0. The molecule has 1 amide bonds. The first-order valence-corrected chi connectivity index (χ1v) is 8.05. The summed E-state index contributed by atoms with van der Waals surface area (Å²) in [7, 11) is 0. The van der Waals surface area contributed by atoms with Crippen LogP contribution in [0, 0.1) is 20.8 Å². The zero-order chi connectivity index (χ0) is 16.8. The largest absolute Gasteiger partial charge is 0.361 e. The van der Waals surface area contributed by atoms with Crippen LogP contribution in [0.2, 0.25) is 0 Å². The predicted molar refractivity (Wildman–Crippen MR) is 86.5 cm³/mol. The molecular formula is C17H19N5O2. The molecule has 0 saturated carbocycles. The van der Waals surface area contributed by atoms with Gasteiger partial charge in [-0.2, -0.15) is 5.10 Å². The van der Waals surface area contributed by atoms with Crippen molar-refractivity contribution in [2.24, 2.45) is 0 Å². The van der Waals surface area contributed by atoms with Crippen molar-refractivity contribution in [2.45, 2.75) is 40.2 Å². The highest BCUT2D eigenvalue weighted by Crippen LogP contribution is 2.21. The molecule has 0 unspecified atom stereocenters. The lowest BCUT2D eigenvalue weighted by Gasteiger charge is -2.28. The van der Waals surface area contributed by atoms with Crippen LogP contribution in [0.4, 0.5) is 0 Å². The molecule has 0 spiro atoms. The maximum atomic E-state index is 12.7.